The summed E-state index contributed by atoms with van der Waals surface area (Å²) in [6.07, 6.45) is 9.73. The van der Waals surface area contributed by atoms with Gasteiger partial charge in [-0.1, -0.05) is 36.4 Å². The van der Waals surface area contributed by atoms with Crippen molar-refractivity contribution in [1.82, 2.24) is 14.9 Å². The molecule has 5 heteroatoms. The summed E-state index contributed by atoms with van der Waals surface area (Å²) in [6, 6.07) is 14.8. The molecule has 34 heavy (non-hydrogen) atoms. The Hall–Kier alpha value is -2.79. The number of aromatic amines is 1. The second-order valence-electron chi connectivity index (χ2n) is 9.77. The number of hydrogen-bond acceptors (Lipinski definition) is 4. The summed E-state index contributed by atoms with van der Waals surface area (Å²) >= 11 is 0. The van der Waals surface area contributed by atoms with E-state index >= 15 is 0 Å². The fourth-order valence-corrected chi connectivity index (χ4v) is 5.73. The van der Waals surface area contributed by atoms with Crippen LogP contribution in [0.25, 0.3) is 16.6 Å². The van der Waals surface area contributed by atoms with Crippen LogP contribution < -0.4 is 9.47 Å². The standard InChI is InChI=1S/C29H36N3O2/c1-32(16-7-10-27-30-28-25(33-2)13-14-26(34-3)29(28)31-27)17-15-22-18-23-12-11-21(22)19-24(23)20-8-5-4-6-9-20/h4-6,8-9,13-14,19,21,23H,7,10-12,15-18H2,1-3H3,(H,30,31)/t21-,23+/m0/s1. The highest BCUT2D eigenvalue weighted by atomic mass is 16.5. The van der Waals surface area contributed by atoms with E-state index < -0.39 is 0 Å². The van der Waals surface area contributed by atoms with Gasteiger partial charge in [0.1, 0.15) is 28.4 Å². The summed E-state index contributed by atoms with van der Waals surface area (Å²) in [4.78, 5) is 10.7. The zero-order valence-electron chi connectivity index (χ0n) is 20.6. The van der Waals surface area contributed by atoms with Crippen molar-refractivity contribution in [3.8, 4) is 11.5 Å². The van der Waals surface area contributed by atoms with Gasteiger partial charge in [0.15, 0.2) is 0 Å². The van der Waals surface area contributed by atoms with E-state index in [-0.39, 0.29) is 0 Å². The van der Waals surface area contributed by atoms with E-state index in [2.05, 4.69) is 53.3 Å². The molecular weight excluding hydrogens is 422 g/mol. The second kappa shape index (κ2) is 10.2. The quantitative estimate of drug-likeness (QED) is 0.410. The summed E-state index contributed by atoms with van der Waals surface area (Å²) in [5.41, 5.74) is 4.77. The summed E-state index contributed by atoms with van der Waals surface area (Å²) in [6.45, 7) is 2.20. The van der Waals surface area contributed by atoms with Crippen LogP contribution in [0, 0.1) is 17.8 Å². The number of H-pyrrole nitrogens is 1. The first kappa shape index (κ1) is 23.0. The van der Waals surface area contributed by atoms with Crippen molar-refractivity contribution in [2.45, 2.75) is 38.5 Å². The first-order valence-electron chi connectivity index (χ1n) is 12.6. The highest BCUT2D eigenvalue weighted by Crippen LogP contribution is 2.49. The van der Waals surface area contributed by atoms with E-state index in [0.717, 1.165) is 60.2 Å². The number of hydrogen-bond donors (Lipinski definition) is 1. The van der Waals surface area contributed by atoms with E-state index in [1.807, 2.05) is 12.1 Å². The minimum absolute atomic E-state index is 0.675. The second-order valence-corrected chi connectivity index (χ2v) is 9.77. The number of methoxy groups -OCH3 is 2. The predicted octanol–water partition coefficient (Wildman–Crippen LogP) is 5.92. The van der Waals surface area contributed by atoms with Crippen LogP contribution in [0.15, 0.2) is 48.5 Å². The normalized spacial score (nSPS) is 20.2. The van der Waals surface area contributed by atoms with E-state index in [1.54, 1.807) is 25.7 Å². The van der Waals surface area contributed by atoms with Crippen LogP contribution in [0.4, 0.5) is 0 Å². The Bertz CT molecular complexity index is 1100. The van der Waals surface area contributed by atoms with Crippen LogP contribution in [0.1, 0.15) is 43.5 Å². The van der Waals surface area contributed by atoms with Gasteiger partial charge >= 0.3 is 0 Å². The number of allylic oxidation sites excluding steroid dienone is 2. The molecule has 2 atom stereocenters. The fraction of sp³-hybridized carbons (Fsp3) is 0.448. The largest absolute Gasteiger partial charge is 0.494 e. The predicted molar refractivity (Wildman–Crippen MR) is 138 cm³/mol. The van der Waals surface area contributed by atoms with E-state index in [9.17, 15) is 0 Å². The molecule has 1 heterocycles. The lowest BCUT2D eigenvalue weighted by Crippen LogP contribution is -2.31. The maximum absolute atomic E-state index is 5.48. The SMILES string of the molecule is COc1ccc(OC)c2[nH]c(CCCN(C)CC[C]3C[C@H]4CC[C@H]3C=C4c3ccccc3)nc12. The minimum Gasteiger partial charge on any atom is -0.494 e. The van der Waals surface area contributed by atoms with Crippen molar-refractivity contribution in [2.75, 3.05) is 34.4 Å². The summed E-state index contributed by atoms with van der Waals surface area (Å²) in [5, 5.41) is 0. The van der Waals surface area contributed by atoms with Crippen molar-refractivity contribution in [3.05, 3.63) is 65.8 Å². The van der Waals surface area contributed by atoms with Gasteiger partial charge in [-0.2, -0.15) is 0 Å². The monoisotopic (exact) mass is 458 g/mol. The van der Waals surface area contributed by atoms with Crippen molar-refractivity contribution in [3.63, 3.8) is 0 Å². The van der Waals surface area contributed by atoms with Gasteiger partial charge in [-0.3, -0.25) is 0 Å². The van der Waals surface area contributed by atoms with Crippen molar-refractivity contribution < 1.29 is 9.47 Å². The molecule has 3 aliphatic carbocycles. The molecule has 1 fully saturated rings. The van der Waals surface area contributed by atoms with E-state index in [1.165, 1.54) is 31.2 Å². The highest BCUT2D eigenvalue weighted by Gasteiger charge is 2.36. The zero-order valence-corrected chi connectivity index (χ0v) is 20.6. The average Bonchev–Trinajstić information content (AvgIpc) is 3.32. The molecule has 0 saturated heterocycles. The number of fused-ring (bicyclic) bond motifs is 3. The minimum atomic E-state index is 0.675. The number of imidazole rings is 1. The smallest absolute Gasteiger partial charge is 0.146 e. The van der Waals surface area contributed by atoms with Crippen LogP contribution in [0.5, 0.6) is 11.5 Å². The molecule has 6 rings (SSSR count). The number of aryl methyl sites for hydroxylation is 1. The van der Waals surface area contributed by atoms with Crippen LogP contribution in [-0.2, 0) is 6.42 Å². The molecule has 1 radical (unpaired) electrons. The highest BCUT2D eigenvalue weighted by molar-refractivity contribution is 5.87. The third-order valence-corrected chi connectivity index (χ3v) is 7.61. The molecule has 1 aromatic heterocycles. The van der Waals surface area contributed by atoms with Gasteiger partial charge in [-0.25, -0.2) is 4.98 Å². The van der Waals surface area contributed by atoms with Crippen LogP contribution in [0.2, 0.25) is 0 Å². The van der Waals surface area contributed by atoms with Gasteiger partial charge in [-0.05, 0) is 93.3 Å². The maximum atomic E-state index is 5.48. The Kier molecular flexibility index (Phi) is 6.91. The lowest BCUT2D eigenvalue weighted by atomic mass is 9.63. The number of nitrogens with zero attached hydrogens (tertiary/aromatic N) is 2. The van der Waals surface area contributed by atoms with E-state index in [0.29, 0.717) is 5.92 Å². The van der Waals surface area contributed by atoms with Gasteiger partial charge in [0.25, 0.3) is 0 Å². The molecule has 0 aliphatic heterocycles. The molecule has 2 bridgehead atoms. The van der Waals surface area contributed by atoms with Gasteiger partial charge in [0.05, 0.1) is 14.2 Å². The third-order valence-electron chi connectivity index (χ3n) is 7.61. The van der Waals surface area contributed by atoms with Crippen LogP contribution in [-0.4, -0.2) is 49.2 Å². The maximum Gasteiger partial charge on any atom is 0.146 e. The lowest BCUT2D eigenvalue weighted by molar-refractivity contribution is 0.292. The number of benzene rings is 2. The van der Waals surface area contributed by atoms with E-state index in [4.69, 9.17) is 14.5 Å². The molecule has 0 unspecified atom stereocenters. The van der Waals surface area contributed by atoms with Crippen molar-refractivity contribution in [1.29, 1.82) is 0 Å². The Morgan fingerprint density at radius 2 is 1.76 bits per heavy atom. The first-order chi connectivity index (χ1) is 16.7. The molecule has 3 aromatic rings. The fourth-order valence-electron chi connectivity index (χ4n) is 5.73. The Morgan fingerprint density at radius 1 is 0.971 bits per heavy atom. The van der Waals surface area contributed by atoms with Crippen molar-refractivity contribution in [2.24, 2.45) is 11.8 Å². The number of ether oxygens (including phenoxy) is 2. The molecule has 179 valence electrons. The molecule has 5 nitrogen and oxygen atoms in total. The molecule has 1 N–H and O–H groups in total. The Labute approximate surface area is 203 Å². The van der Waals surface area contributed by atoms with Gasteiger partial charge in [0, 0.05) is 6.42 Å². The zero-order chi connectivity index (χ0) is 23.5. The number of aromatic nitrogens is 2. The number of nitrogens with one attached hydrogen (secondary N) is 1. The summed E-state index contributed by atoms with van der Waals surface area (Å²) in [7, 11) is 5.61. The van der Waals surface area contributed by atoms with Gasteiger partial charge in [-0.15, -0.1) is 0 Å². The summed E-state index contributed by atoms with van der Waals surface area (Å²) in [5.74, 6) is 5.72. The molecule has 0 amide bonds. The number of rotatable bonds is 10. The van der Waals surface area contributed by atoms with Gasteiger partial charge in [0.2, 0.25) is 0 Å². The van der Waals surface area contributed by atoms with Gasteiger partial charge < -0.3 is 19.4 Å². The Morgan fingerprint density at radius 3 is 2.50 bits per heavy atom. The van der Waals surface area contributed by atoms with Crippen LogP contribution >= 0.6 is 0 Å². The topological polar surface area (TPSA) is 50.4 Å². The Balaban J connectivity index is 1.12. The lowest BCUT2D eigenvalue weighted by Gasteiger charge is -2.42. The third kappa shape index (κ3) is 4.72. The molecular formula is C29H36N3O2. The van der Waals surface area contributed by atoms with Crippen LogP contribution in [0.3, 0.4) is 0 Å². The molecule has 3 aliphatic rings. The van der Waals surface area contributed by atoms with Crippen molar-refractivity contribution >= 4 is 16.6 Å². The average molecular weight is 459 g/mol. The summed E-state index contributed by atoms with van der Waals surface area (Å²) < 4.78 is 11.0. The first-order valence-corrected chi connectivity index (χ1v) is 12.6. The molecule has 2 aromatic carbocycles. The molecule has 1 saturated carbocycles. The molecule has 0 spiro atoms.